The number of benzene rings is 1. The van der Waals surface area contributed by atoms with E-state index in [1.807, 2.05) is 0 Å². The van der Waals surface area contributed by atoms with E-state index in [9.17, 15) is 18.3 Å². The minimum Gasteiger partial charge on any atom is -0.480 e. The van der Waals surface area contributed by atoms with E-state index in [0.29, 0.717) is 36.2 Å². The maximum Gasteiger partial charge on any atom is 0.320 e. The Morgan fingerprint density at radius 2 is 1.88 bits per heavy atom. The van der Waals surface area contributed by atoms with Crippen LogP contribution in [0.3, 0.4) is 0 Å². The monoisotopic (exact) mass is 351 g/mol. The molecule has 3 unspecified atom stereocenters. The van der Waals surface area contributed by atoms with Gasteiger partial charge in [0.15, 0.2) is 9.84 Å². The largest absolute Gasteiger partial charge is 0.480 e. The Hall–Kier alpha value is -1.40. The average molecular weight is 351 g/mol. The number of nitrogens with zero attached hydrogens (tertiary/aromatic N) is 1. The third-order valence-electron chi connectivity index (χ3n) is 5.44. The Kier molecular flexibility index (Phi) is 5.25. The predicted octanol–water partition coefficient (Wildman–Crippen LogP) is 2.57. The van der Waals surface area contributed by atoms with Crippen molar-refractivity contribution >= 4 is 15.8 Å². The van der Waals surface area contributed by atoms with Crippen molar-refractivity contribution in [2.75, 3.05) is 12.3 Å². The summed E-state index contributed by atoms with van der Waals surface area (Å²) in [6.07, 6.45) is 5.67. The normalized spacial score (nSPS) is 27.8. The Morgan fingerprint density at radius 3 is 2.58 bits per heavy atom. The molecule has 1 saturated carbocycles. The third kappa shape index (κ3) is 3.64. The van der Waals surface area contributed by atoms with Crippen molar-refractivity contribution in [2.24, 2.45) is 5.92 Å². The quantitative estimate of drug-likeness (QED) is 0.852. The molecule has 0 spiro atoms. The molecular weight excluding hydrogens is 326 g/mol. The zero-order valence-corrected chi connectivity index (χ0v) is 14.6. The van der Waals surface area contributed by atoms with E-state index in [-0.39, 0.29) is 5.75 Å². The summed E-state index contributed by atoms with van der Waals surface area (Å²) < 4.78 is 24.7. The molecule has 0 radical (unpaired) electrons. The number of carboxylic acid groups (broad SMARTS) is 1. The van der Waals surface area contributed by atoms with Gasteiger partial charge < -0.3 is 5.11 Å². The first-order valence-corrected chi connectivity index (χ1v) is 10.4. The minimum absolute atomic E-state index is 0.0667. The van der Waals surface area contributed by atoms with E-state index >= 15 is 0 Å². The third-order valence-corrected chi connectivity index (χ3v) is 7.25. The van der Waals surface area contributed by atoms with Crippen LogP contribution in [0.1, 0.15) is 38.5 Å². The summed E-state index contributed by atoms with van der Waals surface area (Å²) in [5.41, 5.74) is 0. The van der Waals surface area contributed by atoms with Crippen molar-refractivity contribution in [2.45, 2.75) is 55.5 Å². The van der Waals surface area contributed by atoms with Gasteiger partial charge in [0.1, 0.15) is 6.04 Å². The summed E-state index contributed by atoms with van der Waals surface area (Å²) in [5.74, 6) is -0.238. The van der Waals surface area contributed by atoms with Gasteiger partial charge in [0, 0.05) is 12.6 Å². The van der Waals surface area contributed by atoms with Crippen molar-refractivity contribution in [3.8, 4) is 0 Å². The van der Waals surface area contributed by atoms with Gasteiger partial charge in [-0.15, -0.1) is 0 Å². The molecule has 3 rings (SSSR count). The van der Waals surface area contributed by atoms with Crippen molar-refractivity contribution in [1.82, 2.24) is 4.90 Å². The Morgan fingerprint density at radius 1 is 1.17 bits per heavy atom. The van der Waals surface area contributed by atoms with E-state index in [1.165, 1.54) is 6.42 Å². The summed E-state index contributed by atoms with van der Waals surface area (Å²) in [7, 11) is -3.29. The maximum atomic E-state index is 12.4. The molecule has 1 aliphatic heterocycles. The molecule has 2 aliphatic rings. The first kappa shape index (κ1) is 17.4. The molecule has 1 N–H and O–H groups in total. The van der Waals surface area contributed by atoms with Gasteiger partial charge in [-0.2, -0.15) is 0 Å². The highest BCUT2D eigenvalue weighted by Crippen LogP contribution is 2.39. The predicted molar refractivity (Wildman–Crippen MR) is 91.6 cm³/mol. The van der Waals surface area contributed by atoms with Crippen LogP contribution >= 0.6 is 0 Å². The smallest absolute Gasteiger partial charge is 0.320 e. The number of carbonyl (C=O) groups is 1. The van der Waals surface area contributed by atoms with Crippen LogP contribution in [0.2, 0.25) is 0 Å². The van der Waals surface area contributed by atoms with E-state index in [4.69, 9.17) is 0 Å². The number of carboxylic acids is 1. The molecule has 3 atom stereocenters. The molecule has 0 aromatic heterocycles. The number of rotatable bonds is 6. The molecule has 2 fully saturated rings. The van der Waals surface area contributed by atoms with Gasteiger partial charge in [-0.05, 0) is 43.7 Å². The van der Waals surface area contributed by atoms with Gasteiger partial charge in [0.25, 0.3) is 0 Å². The number of aliphatic carboxylic acids is 1. The Bertz CT molecular complexity index is 674. The first-order chi connectivity index (χ1) is 11.5. The molecule has 24 heavy (non-hydrogen) atoms. The van der Waals surface area contributed by atoms with Gasteiger partial charge in [0.05, 0.1) is 10.6 Å². The van der Waals surface area contributed by atoms with Crippen LogP contribution in [0.5, 0.6) is 0 Å². The molecule has 1 saturated heterocycles. The second-order valence-electron chi connectivity index (χ2n) is 6.92. The highest BCUT2D eigenvalue weighted by molar-refractivity contribution is 7.91. The molecular formula is C18H25NO4S. The summed E-state index contributed by atoms with van der Waals surface area (Å²) in [6.45, 7) is 0.546. The highest BCUT2D eigenvalue weighted by Gasteiger charge is 2.44. The SMILES string of the molecule is O=C(O)C1CC2CCCCC2N1CCCS(=O)(=O)c1ccccc1. The topological polar surface area (TPSA) is 74.7 Å². The molecule has 1 aromatic rings. The van der Waals surface area contributed by atoms with Gasteiger partial charge in [-0.3, -0.25) is 9.69 Å². The molecule has 1 aromatic carbocycles. The van der Waals surface area contributed by atoms with Crippen molar-refractivity contribution in [3.05, 3.63) is 30.3 Å². The van der Waals surface area contributed by atoms with E-state index in [1.54, 1.807) is 30.3 Å². The van der Waals surface area contributed by atoms with E-state index in [0.717, 1.165) is 19.3 Å². The number of sulfone groups is 1. The first-order valence-electron chi connectivity index (χ1n) is 8.75. The lowest BCUT2D eigenvalue weighted by Crippen LogP contribution is -2.43. The minimum atomic E-state index is -3.29. The lowest BCUT2D eigenvalue weighted by molar-refractivity contribution is -0.142. The standard InChI is InChI=1S/C18H25NO4S/c20-18(21)17-13-14-7-4-5-10-16(14)19(17)11-6-12-24(22,23)15-8-2-1-3-9-15/h1-3,8-9,14,16-17H,4-7,10-13H2,(H,20,21). The van der Waals surface area contributed by atoms with E-state index < -0.39 is 21.8 Å². The molecule has 5 nitrogen and oxygen atoms in total. The molecule has 1 heterocycles. The van der Waals surface area contributed by atoms with Crippen LogP contribution in [0.4, 0.5) is 0 Å². The number of hydrogen-bond acceptors (Lipinski definition) is 4. The fourth-order valence-corrected chi connectivity index (χ4v) is 5.62. The zero-order valence-electron chi connectivity index (χ0n) is 13.8. The second-order valence-corrected chi connectivity index (χ2v) is 9.03. The van der Waals surface area contributed by atoms with Gasteiger partial charge >= 0.3 is 5.97 Å². The second kappa shape index (κ2) is 7.23. The number of likely N-dealkylation sites (tertiary alicyclic amines) is 1. The number of fused-ring (bicyclic) bond motifs is 1. The number of hydrogen-bond donors (Lipinski definition) is 1. The summed E-state index contributed by atoms with van der Waals surface area (Å²) >= 11 is 0. The Balaban J connectivity index is 1.63. The van der Waals surface area contributed by atoms with Crippen LogP contribution in [0.15, 0.2) is 35.2 Å². The molecule has 0 bridgehead atoms. The van der Waals surface area contributed by atoms with Crippen LogP contribution < -0.4 is 0 Å². The fourth-order valence-electron chi connectivity index (χ4n) is 4.30. The van der Waals surface area contributed by atoms with Gasteiger partial charge in [-0.25, -0.2) is 8.42 Å². The maximum absolute atomic E-state index is 12.4. The van der Waals surface area contributed by atoms with Crippen LogP contribution in [-0.2, 0) is 14.6 Å². The lowest BCUT2D eigenvalue weighted by Gasteiger charge is -2.32. The van der Waals surface area contributed by atoms with Crippen molar-refractivity contribution in [3.63, 3.8) is 0 Å². The Labute approximate surface area is 143 Å². The molecule has 0 amide bonds. The van der Waals surface area contributed by atoms with Crippen molar-refractivity contribution < 1.29 is 18.3 Å². The summed E-state index contributed by atoms with van der Waals surface area (Å²) in [6, 6.07) is 8.34. The van der Waals surface area contributed by atoms with Gasteiger partial charge in [-0.1, -0.05) is 31.0 Å². The van der Waals surface area contributed by atoms with Gasteiger partial charge in [0.2, 0.25) is 0 Å². The highest BCUT2D eigenvalue weighted by atomic mass is 32.2. The molecule has 1 aliphatic carbocycles. The van der Waals surface area contributed by atoms with Crippen LogP contribution in [-0.4, -0.2) is 48.8 Å². The summed E-state index contributed by atoms with van der Waals surface area (Å²) in [4.78, 5) is 14.0. The molecule has 132 valence electrons. The zero-order chi connectivity index (χ0) is 17.2. The molecule has 6 heteroatoms. The summed E-state index contributed by atoms with van der Waals surface area (Å²) in [5, 5.41) is 9.51. The van der Waals surface area contributed by atoms with Crippen molar-refractivity contribution in [1.29, 1.82) is 0 Å². The lowest BCUT2D eigenvalue weighted by atomic mass is 9.85. The van der Waals surface area contributed by atoms with Crippen LogP contribution in [0, 0.1) is 5.92 Å². The van der Waals surface area contributed by atoms with E-state index in [2.05, 4.69) is 4.90 Å². The van der Waals surface area contributed by atoms with Crippen LogP contribution in [0.25, 0.3) is 0 Å². The average Bonchev–Trinajstić information content (AvgIpc) is 2.95. The fraction of sp³-hybridized carbons (Fsp3) is 0.611.